The van der Waals surface area contributed by atoms with E-state index in [1.54, 1.807) is 33.8 Å². The van der Waals surface area contributed by atoms with Gasteiger partial charge in [-0.2, -0.15) is 10.2 Å². The highest BCUT2D eigenvalue weighted by molar-refractivity contribution is 6.33. The van der Waals surface area contributed by atoms with E-state index in [0.717, 1.165) is 5.69 Å². The number of carbonyl (C=O) groups excluding carboxylic acids is 2. The van der Waals surface area contributed by atoms with Crippen molar-refractivity contribution in [3.8, 4) is 5.82 Å². The lowest BCUT2D eigenvalue weighted by molar-refractivity contribution is -0.117. The van der Waals surface area contributed by atoms with Crippen LogP contribution in [-0.4, -0.2) is 74.3 Å². The number of aromatic amines is 1. The minimum atomic E-state index is -0.307. The number of aromatic nitrogens is 4. The quantitative estimate of drug-likeness (QED) is 0.566. The minimum absolute atomic E-state index is 0.109. The molecule has 0 bridgehead atoms. The second-order valence-corrected chi connectivity index (χ2v) is 8.05. The van der Waals surface area contributed by atoms with Crippen molar-refractivity contribution in [1.29, 1.82) is 0 Å². The Bertz CT molecular complexity index is 1190. The number of rotatable bonds is 6. The molecule has 0 unspecified atom stereocenters. The van der Waals surface area contributed by atoms with E-state index in [0.29, 0.717) is 54.7 Å². The molecule has 1 fully saturated rings. The Labute approximate surface area is 195 Å². The lowest BCUT2D eigenvalue weighted by atomic mass is 10.1. The molecule has 1 saturated heterocycles. The van der Waals surface area contributed by atoms with Crippen molar-refractivity contribution in [3.63, 3.8) is 0 Å². The van der Waals surface area contributed by atoms with E-state index in [1.807, 2.05) is 17.9 Å². The SMILES string of the molecule is CCc1c(C(=O)N2CCN(CC(=O)Nc3ccccc3Cl)CC2)cnn1-c1ccc(=O)[nH]n1. The second-order valence-electron chi connectivity index (χ2n) is 7.65. The van der Waals surface area contributed by atoms with Crippen LogP contribution in [-0.2, 0) is 11.2 Å². The summed E-state index contributed by atoms with van der Waals surface area (Å²) in [7, 11) is 0. The molecule has 2 amide bonds. The van der Waals surface area contributed by atoms with Gasteiger partial charge < -0.3 is 10.2 Å². The van der Waals surface area contributed by atoms with Crippen LogP contribution in [0.1, 0.15) is 23.0 Å². The molecule has 172 valence electrons. The molecule has 0 aliphatic carbocycles. The highest BCUT2D eigenvalue weighted by Crippen LogP contribution is 2.20. The fourth-order valence-corrected chi connectivity index (χ4v) is 3.96. The minimum Gasteiger partial charge on any atom is -0.336 e. The molecule has 1 aliphatic heterocycles. The summed E-state index contributed by atoms with van der Waals surface area (Å²) in [6.07, 6.45) is 2.11. The zero-order valence-electron chi connectivity index (χ0n) is 18.1. The Balaban J connectivity index is 1.37. The van der Waals surface area contributed by atoms with Crippen molar-refractivity contribution in [2.24, 2.45) is 0 Å². The van der Waals surface area contributed by atoms with Gasteiger partial charge in [-0.25, -0.2) is 9.78 Å². The summed E-state index contributed by atoms with van der Waals surface area (Å²) in [6, 6.07) is 10.0. The van der Waals surface area contributed by atoms with E-state index in [9.17, 15) is 14.4 Å². The molecule has 3 aromatic rings. The van der Waals surface area contributed by atoms with Crippen LogP contribution < -0.4 is 10.9 Å². The van der Waals surface area contributed by atoms with Crippen LogP contribution >= 0.6 is 11.6 Å². The maximum atomic E-state index is 13.2. The molecular weight excluding hydrogens is 446 g/mol. The number of amides is 2. The van der Waals surface area contributed by atoms with Crippen LogP contribution in [0, 0.1) is 0 Å². The van der Waals surface area contributed by atoms with Gasteiger partial charge in [0.05, 0.1) is 34.7 Å². The van der Waals surface area contributed by atoms with Crippen LogP contribution in [0.3, 0.4) is 0 Å². The van der Waals surface area contributed by atoms with Gasteiger partial charge in [0.1, 0.15) is 0 Å². The summed E-state index contributed by atoms with van der Waals surface area (Å²) < 4.78 is 1.57. The number of halogens is 1. The number of piperazine rings is 1. The van der Waals surface area contributed by atoms with Crippen molar-refractivity contribution >= 4 is 29.1 Å². The highest BCUT2D eigenvalue weighted by Gasteiger charge is 2.27. The Morgan fingerprint density at radius 3 is 2.55 bits per heavy atom. The molecule has 1 aliphatic rings. The van der Waals surface area contributed by atoms with Crippen molar-refractivity contribution in [1.82, 2.24) is 29.8 Å². The fraction of sp³-hybridized carbons (Fsp3) is 0.318. The Morgan fingerprint density at radius 2 is 1.88 bits per heavy atom. The van der Waals surface area contributed by atoms with Crippen LogP contribution in [0.4, 0.5) is 5.69 Å². The molecule has 3 heterocycles. The Hall–Kier alpha value is -3.50. The van der Waals surface area contributed by atoms with Crippen molar-refractivity contribution in [3.05, 3.63) is 69.2 Å². The molecule has 0 spiro atoms. The lowest BCUT2D eigenvalue weighted by Crippen LogP contribution is -2.50. The van der Waals surface area contributed by atoms with Crippen LogP contribution in [0.2, 0.25) is 5.02 Å². The molecule has 2 N–H and O–H groups in total. The van der Waals surface area contributed by atoms with Gasteiger partial charge in [-0.05, 0) is 24.6 Å². The maximum absolute atomic E-state index is 13.2. The summed E-state index contributed by atoms with van der Waals surface area (Å²) in [5.74, 6) is 0.188. The molecule has 11 heteroatoms. The topological polar surface area (TPSA) is 116 Å². The molecule has 2 aromatic heterocycles. The molecule has 10 nitrogen and oxygen atoms in total. The van der Waals surface area contributed by atoms with Gasteiger partial charge in [0.15, 0.2) is 5.82 Å². The van der Waals surface area contributed by atoms with Crippen molar-refractivity contribution in [2.45, 2.75) is 13.3 Å². The number of carbonyl (C=O) groups is 2. The smallest absolute Gasteiger partial charge is 0.264 e. The normalized spacial score (nSPS) is 14.3. The van der Waals surface area contributed by atoms with Crippen LogP contribution in [0.5, 0.6) is 0 Å². The van der Waals surface area contributed by atoms with E-state index >= 15 is 0 Å². The van der Waals surface area contributed by atoms with Gasteiger partial charge >= 0.3 is 0 Å². The van der Waals surface area contributed by atoms with Gasteiger partial charge in [-0.1, -0.05) is 30.7 Å². The number of H-pyrrole nitrogens is 1. The second kappa shape index (κ2) is 9.97. The molecule has 33 heavy (non-hydrogen) atoms. The maximum Gasteiger partial charge on any atom is 0.264 e. The highest BCUT2D eigenvalue weighted by atomic mass is 35.5. The van der Waals surface area contributed by atoms with E-state index in [1.165, 1.54) is 12.3 Å². The molecule has 1 aromatic carbocycles. The third-order valence-electron chi connectivity index (χ3n) is 5.49. The standard InChI is InChI=1S/C22H24ClN7O3/c1-2-18-15(13-24-30(18)19-7-8-20(31)27-26-19)22(33)29-11-9-28(10-12-29)14-21(32)25-17-6-4-3-5-16(17)23/h3-8,13H,2,9-12,14H2,1H3,(H,25,32)(H,27,31). The average molecular weight is 470 g/mol. The summed E-state index contributed by atoms with van der Waals surface area (Å²) in [5, 5.41) is 14.0. The number of anilines is 1. The zero-order chi connectivity index (χ0) is 23.4. The summed E-state index contributed by atoms with van der Waals surface area (Å²) >= 11 is 6.10. The Kier molecular flexibility index (Phi) is 6.85. The van der Waals surface area contributed by atoms with Gasteiger partial charge in [0.25, 0.3) is 11.5 Å². The number of benzene rings is 1. The van der Waals surface area contributed by atoms with E-state index < -0.39 is 0 Å². The first-order valence-electron chi connectivity index (χ1n) is 10.6. The number of nitrogens with zero attached hydrogens (tertiary/aromatic N) is 5. The van der Waals surface area contributed by atoms with Gasteiger partial charge in [0.2, 0.25) is 5.91 Å². The lowest BCUT2D eigenvalue weighted by Gasteiger charge is -2.34. The van der Waals surface area contributed by atoms with E-state index in [-0.39, 0.29) is 23.9 Å². The van der Waals surface area contributed by atoms with E-state index in [4.69, 9.17) is 11.6 Å². The average Bonchev–Trinajstić information content (AvgIpc) is 3.25. The zero-order valence-corrected chi connectivity index (χ0v) is 18.9. The molecule has 0 atom stereocenters. The first-order valence-corrected chi connectivity index (χ1v) is 11.0. The van der Waals surface area contributed by atoms with Gasteiger partial charge in [-0.15, -0.1) is 0 Å². The largest absolute Gasteiger partial charge is 0.336 e. The fourth-order valence-electron chi connectivity index (χ4n) is 3.78. The predicted molar refractivity (Wildman–Crippen MR) is 124 cm³/mol. The molecule has 4 rings (SSSR count). The number of para-hydroxylation sites is 1. The first-order chi connectivity index (χ1) is 16.0. The summed E-state index contributed by atoms with van der Waals surface area (Å²) in [4.78, 5) is 40.6. The molecular formula is C22H24ClN7O3. The predicted octanol–water partition coefficient (Wildman–Crippen LogP) is 1.57. The van der Waals surface area contributed by atoms with Gasteiger partial charge in [-0.3, -0.25) is 19.3 Å². The molecule has 0 radical (unpaired) electrons. The third-order valence-corrected chi connectivity index (χ3v) is 5.82. The monoisotopic (exact) mass is 469 g/mol. The van der Waals surface area contributed by atoms with Gasteiger partial charge in [0, 0.05) is 32.2 Å². The van der Waals surface area contributed by atoms with Crippen molar-refractivity contribution in [2.75, 3.05) is 38.0 Å². The first kappa shape index (κ1) is 22.7. The Morgan fingerprint density at radius 1 is 1.12 bits per heavy atom. The summed E-state index contributed by atoms with van der Waals surface area (Å²) in [6.45, 7) is 4.33. The molecule has 0 saturated carbocycles. The number of nitrogens with one attached hydrogen (secondary N) is 2. The summed E-state index contributed by atoms with van der Waals surface area (Å²) in [5.41, 5.74) is 1.51. The third kappa shape index (κ3) is 5.12. The van der Waals surface area contributed by atoms with E-state index in [2.05, 4.69) is 20.6 Å². The number of hydrogen-bond acceptors (Lipinski definition) is 6. The van der Waals surface area contributed by atoms with Crippen molar-refractivity contribution < 1.29 is 9.59 Å². The van der Waals surface area contributed by atoms with Crippen LogP contribution in [0.25, 0.3) is 5.82 Å². The number of hydrogen-bond donors (Lipinski definition) is 2. The van der Waals surface area contributed by atoms with Crippen LogP contribution in [0.15, 0.2) is 47.4 Å².